The summed E-state index contributed by atoms with van der Waals surface area (Å²) in [5, 5.41) is 0. The molecule has 0 N–H and O–H groups in total. The molecule has 2 aliphatic heterocycles. The Hall–Kier alpha value is -1.84. The Kier molecular flexibility index (Phi) is 7.07. The highest BCUT2D eigenvalue weighted by molar-refractivity contribution is 6.15. The number of benzene rings is 1. The van der Waals surface area contributed by atoms with Gasteiger partial charge in [0.1, 0.15) is 11.4 Å². The average molecular weight is 405 g/mol. The van der Waals surface area contributed by atoms with Crippen molar-refractivity contribution in [1.82, 2.24) is 4.98 Å². The molecule has 1 aromatic heterocycles. The largest absolute Gasteiger partial charge is 0.488 e. The minimum atomic E-state index is -0.0590. The Morgan fingerprint density at radius 1 is 1.11 bits per heavy atom. The van der Waals surface area contributed by atoms with Gasteiger partial charge in [-0.1, -0.05) is 6.07 Å². The summed E-state index contributed by atoms with van der Waals surface area (Å²) in [7, 11) is 0. The zero-order valence-corrected chi connectivity index (χ0v) is 17.4. The van der Waals surface area contributed by atoms with Crippen molar-refractivity contribution >= 4 is 36.6 Å². The van der Waals surface area contributed by atoms with Crippen LogP contribution in [0.2, 0.25) is 0 Å². The maximum Gasteiger partial charge on any atom is 0.123 e. The number of rotatable bonds is 2. The van der Waals surface area contributed by atoms with E-state index in [4.69, 9.17) is 9.73 Å². The molecule has 2 aromatic rings. The molecule has 27 heavy (non-hydrogen) atoms. The third kappa shape index (κ3) is 4.91. The molecule has 0 radical (unpaired) electrons. The van der Waals surface area contributed by atoms with Crippen molar-refractivity contribution in [2.45, 2.75) is 45.1 Å². The van der Waals surface area contributed by atoms with E-state index >= 15 is 0 Å². The molecule has 0 amide bonds. The van der Waals surface area contributed by atoms with Gasteiger partial charge in [0.15, 0.2) is 0 Å². The van der Waals surface area contributed by atoms with Crippen molar-refractivity contribution in [3.05, 3.63) is 65.0 Å². The maximum atomic E-state index is 6.10. The Morgan fingerprint density at radius 3 is 2.74 bits per heavy atom. The summed E-state index contributed by atoms with van der Waals surface area (Å²) in [6, 6.07) is 10.6. The van der Waals surface area contributed by atoms with Crippen LogP contribution < -0.4 is 4.74 Å². The van der Waals surface area contributed by atoms with Gasteiger partial charge >= 0.3 is 0 Å². The summed E-state index contributed by atoms with van der Waals surface area (Å²) in [6.45, 7) is 5.21. The SMILES string of the molecule is CC1(C)CCc2cc(/C=C3\CCCN=C3c3cccnc3)ccc2O1.Cl.Cl. The Bertz CT molecular complexity index is 845. The van der Waals surface area contributed by atoms with E-state index in [1.165, 1.54) is 16.7 Å². The van der Waals surface area contributed by atoms with Gasteiger partial charge in [-0.05, 0) is 86.6 Å². The third-order valence-electron chi connectivity index (χ3n) is 4.92. The molecule has 0 spiro atoms. The quantitative estimate of drug-likeness (QED) is 0.643. The zero-order chi connectivity index (χ0) is 17.3. The van der Waals surface area contributed by atoms with Crippen molar-refractivity contribution in [2.24, 2.45) is 4.99 Å². The predicted molar refractivity (Wildman–Crippen MR) is 117 cm³/mol. The molecule has 2 aliphatic rings. The van der Waals surface area contributed by atoms with Crippen molar-refractivity contribution < 1.29 is 4.74 Å². The molecule has 0 unspecified atom stereocenters. The molecule has 1 aromatic carbocycles. The predicted octanol–water partition coefficient (Wildman–Crippen LogP) is 5.70. The van der Waals surface area contributed by atoms with Gasteiger partial charge in [-0.2, -0.15) is 0 Å². The molecule has 144 valence electrons. The molecule has 0 saturated heterocycles. The summed E-state index contributed by atoms with van der Waals surface area (Å²) in [5.74, 6) is 1.03. The lowest BCUT2D eigenvalue weighted by Crippen LogP contribution is -2.32. The summed E-state index contributed by atoms with van der Waals surface area (Å²) >= 11 is 0. The van der Waals surface area contributed by atoms with Crippen LogP contribution in [0.25, 0.3) is 6.08 Å². The fourth-order valence-electron chi connectivity index (χ4n) is 3.57. The second kappa shape index (κ2) is 8.90. The highest BCUT2D eigenvalue weighted by Crippen LogP contribution is 2.34. The van der Waals surface area contributed by atoms with Gasteiger partial charge in [0.2, 0.25) is 0 Å². The summed E-state index contributed by atoms with van der Waals surface area (Å²) in [4.78, 5) is 9.02. The van der Waals surface area contributed by atoms with Crippen LogP contribution in [0.5, 0.6) is 5.75 Å². The second-order valence-corrected chi connectivity index (χ2v) is 7.47. The molecule has 0 saturated carbocycles. The summed E-state index contributed by atoms with van der Waals surface area (Å²) in [6.07, 6.45) is 10.3. The van der Waals surface area contributed by atoms with Crippen LogP contribution in [-0.2, 0) is 6.42 Å². The van der Waals surface area contributed by atoms with E-state index in [1.54, 1.807) is 6.20 Å². The summed E-state index contributed by atoms with van der Waals surface area (Å²) < 4.78 is 6.10. The van der Waals surface area contributed by atoms with Gasteiger partial charge in [-0.15, -0.1) is 24.8 Å². The molecule has 4 rings (SSSR count). The first-order valence-corrected chi connectivity index (χ1v) is 9.08. The van der Waals surface area contributed by atoms with Crippen LogP contribution in [0.4, 0.5) is 0 Å². The van der Waals surface area contributed by atoms with E-state index in [2.05, 4.69) is 49.2 Å². The van der Waals surface area contributed by atoms with E-state index in [-0.39, 0.29) is 30.4 Å². The molecule has 0 atom stereocenters. The van der Waals surface area contributed by atoms with E-state index in [1.807, 2.05) is 12.3 Å². The molecule has 5 heteroatoms. The second-order valence-electron chi connectivity index (χ2n) is 7.47. The van der Waals surface area contributed by atoms with Gasteiger partial charge in [0, 0.05) is 24.5 Å². The normalized spacial score (nSPS) is 19.0. The fraction of sp³-hybridized carbons (Fsp3) is 0.364. The Morgan fingerprint density at radius 2 is 1.96 bits per heavy atom. The van der Waals surface area contributed by atoms with Crippen LogP contribution >= 0.6 is 24.8 Å². The molecule has 3 nitrogen and oxygen atoms in total. The van der Waals surface area contributed by atoms with Gasteiger partial charge in [0.25, 0.3) is 0 Å². The number of pyridine rings is 1. The fourth-order valence-corrected chi connectivity index (χ4v) is 3.57. The lowest BCUT2D eigenvalue weighted by Gasteiger charge is -2.32. The monoisotopic (exact) mass is 404 g/mol. The molecule has 0 aliphatic carbocycles. The van der Waals surface area contributed by atoms with Gasteiger partial charge in [-0.25, -0.2) is 0 Å². The standard InChI is InChI=1S/C22H24N2O.2ClH/c1-22(2)10-9-17-13-16(7-8-20(17)25-22)14-18-5-4-12-24-21(18)19-6-3-11-23-15-19;;/h3,6-8,11,13-15H,4-5,9-10,12H2,1-2H3;2*1H/b18-14+;;. The maximum absolute atomic E-state index is 6.10. The lowest BCUT2D eigenvalue weighted by molar-refractivity contribution is 0.0847. The number of aryl methyl sites for hydroxylation is 1. The number of fused-ring (bicyclic) bond motifs is 1. The topological polar surface area (TPSA) is 34.5 Å². The highest BCUT2D eigenvalue weighted by Gasteiger charge is 2.26. The van der Waals surface area contributed by atoms with Gasteiger partial charge in [-0.3, -0.25) is 9.98 Å². The third-order valence-corrected chi connectivity index (χ3v) is 4.92. The lowest BCUT2D eigenvalue weighted by atomic mass is 9.91. The molecule has 0 fully saturated rings. The number of ether oxygens (including phenoxy) is 1. The number of halogens is 2. The van der Waals surface area contributed by atoms with Gasteiger partial charge < -0.3 is 4.74 Å². The minimum Gasteiger partial charge on any atom is -0.488 e. The molecular weight excluding hydrogens is 379 g/mol. The van der Waals surface area contributed by atoms with Crippen LogP contribution in [0.3, 0.4) is 0 Å². The van der Waals surface area contributed by atoms with Crippen LogP contribution in [0, 0.1) is 0 Å². The Balaban J connectivity index is 0.00000131. The molecule has 3 heterocycles. The van der Waals surface area contributed by atoms with Crippen LogP contribution in [0.15, 0.2) is 53.3 Å². The number of nitrogens with zero attached hydrogens (tertiary/aromatic N) is 2. The van der Waals surface area contributed by atoms with E-state index in [0.29, 0.717) is 0 Å². The highest BCUT2D eigenvalue weighted by atomic mass is 35.5. The number of hydrogen-bond acceptors (Lipinski definition) is 3. The Labute approximate surface area is 173 Å². The minimum absolute atomic E-state index is 0. The number of aliphatic imine (C=N–C) groups is 1. The smallest absolute Gasteiger partial charge is 0.123 e. The van der Waals surface area contributed by atoms with Crippen molar-refractivity contribution in [3.8, 4) is 5.75 Å². The summed E-state index contributed by atoms with van der Waals surface area (Å²) in [5.41, 5.74) is 5.98. The molecular formula is C22H26Cl2N2O. The van der Waals surface area contributed by atoms with Crippen molar-refractivity contribution in [3.63, 3.8) is 0 Å². The first-order valence-electron chi connectivity index (χ1n) is 9.08. The van der Waals surface area contributed by atoms with E-state index in [9.17, 15) is 0 Å². The first kappa shape index (κ1) is 21.5. The molecule has 0 bridgehead atoms. The van der Waals surface area contributed by atoms with Crippen molar-refractivity contribution in [2.75, 3.05) is 6.54 Å². The number of aromatic nitrogens is 1. The first-order chi connectivity index (χ1) is 12.1. The number of hydrogen-bond donors (Lipinski definition) is 0. The average Bonchev–Trinajstić information content (AvgIpc) is 2.63. The van der Waals surface area contributed by atoms with Gasteiger partial charge in [0.05, 0.1) is 5.71 Å². The van der Waals surface area contributed by atoms with E-state index in [0.717, 1.165) is 49.3 Å². The van der Waals surface area contributed by atoms with E-state index < -0.39 is 0 Å². The number of allylic oxidation sites excluding steroid dienone is 1. The van der Waals surface area contributed by atoms with Crippen LogP contribution in [-0.4, -0.2) is 22.8 Å². The van der Waals surface area contributed by atoms with Crippen LogP contribution in [0.1, 0.15) is 49.8 Å². The zero-order valence-electron chi connectivity index (χ0n) is 15.8. The van der Waals surface area contributed by atoms with Crippen molar-refractivity contribution in [1.29, 1.82) is 0 Å².